The Morgan fingerprint density at radius 1 is 1.60 bits per heavy atom. The molecule has 1 N–H and O–H groups in total. The Labute approximate surface area is 89.2 Å². The Balaban J connectivity index is 2.05. The van der Waals surface area contributed by atoms with Crippen molar-refractivity contribution in [3.8, 4) is 0 Å². The Bertz CT molecular complexity index is 307. The molecule has 15 heavy (non-hydrogen) atoms. The Hall–Kier alpha value is -0.940. The molecule has 1 saturated heterocycles. The molecule has 0 aliphatic carbocycles. The van der Waals surface area contributed by atoms with Crippen LogP contribution in [0, 0.1) is 0 Å². The summed E-state index contributed by atoms with van der Waals surface area (Å²) in [6, 6.07) is 0.0593. The summed E-state index contributed by atoms with van der Waals surface area (Å²) in [5.74, 6) is 1.79. The first-order valence-corrected chi connectivity index (χ1v) is 5.46. The summed E-state index contributed by atoms with van der Waals surface area (Å²) >= 11 is 0. The van der Waals surface area contributed by atoms with Gasteiger partial charge in [0.15, 0.2) is 5.82 Å². The van der Waals surface area contributed by atoms with Crippen LogP contribution in [0.25, 0.3) is 0 Å². The van der Waals surface area contributed by atoms with Gasteiger partial charge in [-0.05, 0) is 6.42 Å². The van der Waals surface area contributed by atoms with E-state index >= 15 is 0 Å². The van der Waals surface area contributed by atoms with Crippen LogP contribution in [0.1, 0.15) is 43.9 Å². The zero-order chi connectivity index (χ0) is 10.7. The molecule has 1 fully saturated rings. The van der Waals surface area contributed by atoms with Gasteiger partial charge in [-0.25, -0.2) is 0 Å². The summed E-state index contributed by atoms with van der Waals surface area (Å²) in [5, 5.41) is 7.26. The molecule has 0 aromatic carbocycles. The van der Waals surface area contributed by atoms with Crippen molar-refractivity contribution in [1.29, 1.82) is 0 Å². The minimum absolute atomic E-state index is 0.0593. The van der Waals surface area contributed by atoms with Gasteiger partial charge in [-0.15, -0.1) is 0 Å². The van der Waals surface area contributed by atoms with E-state index in [-0.39, 0.29) is 6.04 Å². The van der Waals surface area contributed by atoms with Gasteiger partial charge in [-0.3, -0.25) is 0 Å². The number of nitrogens with one attached hydrogen (secondary N) is 1. The SMILES string of the molecule is CCC(C)c1noc(C2COCCN2)n1. The average molecular weight is 211 g/mol. The fourth-order valence-corrected chi connectivity index (χ4v) is 1.50. The lowest BCUT2D eigenvalue weighted by Crippen LogP contribution is -2.34. The summed E-state index contributed by atoms with van der Waals surface area (Å²) < 4.78 is 10.6. The van der Waals surface area contributed by atoms with Crippen molar-refractivity contribution in [3.63, 3.8) is 0 Å². The number of hydrogen-bond donors (Lipinski definition) is 1. The Morgan fingerprint density at radius 2 is 2.47 bits per heavy atom. The molecule has 1 aliphatic heterocycles. The molecule has 5 nitrogen and oxygen atoms in total. The quantitative estimate of drug-likeness (QED) is 0.815. The normalized spacial score (nSPS) is 24.0. The molecule has 1 aromatic heterocycles. The molecule has 2 unspecified atom stereocenters. The van der Waals surface area contributed by atoms with Crippen molar-refractivity contribution in [2.24, 2.45) is 0 Å². The zero-order valence-corrected chi connectivity index (χ0v) is 9.19. The molecule has 2 rings (SSSR count). The molecule has 0 spiro atoms. The topological polar surface area (TPSA) is 60.2 Å². The maximum Gasteiger partial charge on any atom is 0.246 e. The maximum atomic E-state index is 5.34. The second kappa shape index (κ2) is 4.72. The number of ether oxygens (including phenoxy) is 1. The maximum absolute atomic E-state index is 5.34. The molecule has 0 radical (unpaired) electrons. The molecule has 2 atom stereocenters. The smallest absolute Gasteiger partial charge is 0.246 e. The van der Waals surface area contributed by atoms with Crippen molar-refractivity contribution in [2.45, 2.75) is 32.2 Å². The van der Waals surface area contributed by atoms with Gasteiger partial charge in [0.25, 0.3) is 0 Å². The third-order valence-electron chi connectivity index (χ3n) is 2.73. The van der Waals surface area contributed by atoms with Crippen LogP contribution >= 0.6 is 0 Å². The highest BCUT2D eigenvalue weighted by atomic mass is 16.5. The summed E-state index contributed by atoms with van der Waals surface area (Å²) in [6.07, 6.45) is 1.02. The monoisotopic (exact) mass is 211 g/mol. The highest BCUT2D eigenvalue weighted by molar-refractivity contribution is 4.97. The van der Waals surface area contributed by atoms with Crippen LogP contribution in [0.5, 0.6) is 0 Å². The van der Waals surface area contributed by atoms with Crippen molar-refractivity contribution < 1.29 is 9.26 Å². The summed E-state index contributed by atoms with van der Waals surface area (Å²) in [6.45, 7) is 6.42. The van der Waals surface area contributed by atoms with E-state index in [1.54, 1.807) is 0 Å². The van der Waals surface area contributed by atoms with Crippen molar-refractivity contribution in [3.05, 3.63) is 11.7 Å². The standard InChI is InChI=1S/C10H17N3O2/c1-3-7(2)9-12-10(15-13-9)8-6-14-5-4-11-8/h7-8,11H,3-6H2,1-2H3. The number of morpholine rings is 1. The van der Waals surface area contributed by atoms with Gasteiger partial charge in [-0.2, -0.15) is 4.98 Å². The van der Waals surface area contributed by atoms with Crippen molar-refractivity contribution >= 4 is 0 Å². The minimum Gasteiger partial charge on any atom is -0.378 e. The van der Waals surface area contributed by atoms with Gasteiger partial charge in [0.2, 0.25) is 5.89 Å². The lowest BCUT2D eigenvalue weighted by Gasteiger charge is -2.20. The molecule has 84 valence electrons. The van der Waals surface area contributed by atoms with Crippen molar-refractivity contribution in [2.75, 3.05) is 19.8 Å². The van der Waals surface area contributed by atoms with Gasteiger partial charge >= 0.3 is 0 Å². The van der Waals surface area contributed by atoms with Crippen LogP contribution in [0.2, 0.25) is 0 Å². The fraction of sp³-hybridized carbons (Fsp3) is 0.800. The van der Waals surface area contributed by atoms with Crippen LogP contribution in [0.4, 0.5) is 0 Å². The van der Waals surface area contributed by atoms with Gasteiger partial charge in [0.05, 0.1) is 13.2 Å². The number of hydrogen-bond acceptors (Lipinski definition) is 5. The van der Waals surface area contributed by atoms with Crippen LogP contribution in [-0.2, 0) is 4.74 Å². The Morgan fingerprint density at radius 3 is 3.13 bits per heavy atom. The zero-order valence-electron chi connectivity index (χ0n) is 9.19. The lowest BCUT2D eigenvalue weighted by atomic mass is 10.1. The van der Waals surface area contributed by atoms with E-state index in [4.69, 9.17) is 9.26 Å². The molecule has 2 heterocycles. The van der Waals surface area contributed by atoms with Crippen LogP contribution in [0.3, 0.4) is 0 Å². The summed E-state index contributed by atoms with van der Waals surface area (Å²) in [4.78, 5) is 4.38. The second-order valence-corrected chi connectivity index (χ2v) is 3.88. The van der Waals surface area contributed by atoms with Crippen LogP contribution < -0.4 is 5.32 Å². The van der Waals surface area contributed by atoms with E-state index in [9.17, 15) is 0 Å². The molecule has 1 aliphatic rings. The van der Waals surface area contributed by atoms with Gasteiger partial charge in [0, 0.05) is 12.5 Å². The molecule has 5 heteroatoms. The molecule has 0 bridgehead atoms. The third kappa shape index (κ3) is 2.35. The van der Waals surface area contributed by atoms with Gasteiger partial charge in [-0.1, -0.05) is 19.0 Å². The average Bonchev–Trinajstić information content (AvgIpc) is 2.78. The predicted octanol–water partition coefficient (Wildman–Crippen LogP) is 1.24. The van der Waals surface area contributed by atoms with Crippen molar-refractivity contribution in [1.82, 2.24) is 15.5 Å². The minimum atomic E-state index is 0.0593. The molecule has 0 amide bonds. The first-order chi connectivity index (χ1) is 7.31. The van der Waals surface area contributed by atoms with E-state index in [0.29, 0.717) is 18.4 Å². The first-order valence-electron chi connectivity index (χ1n) is 5.46. The predicted molar refractivity (Wildman–Crippen MR) is 54.6 cm³/mol. The van der Waals surface area contributed by atoms with E-state index in [2.05, 4.69) is 29.3 Å². The fourth-order valence-electron chi connectivity index (χ4n) is 1.50. The Kier molecular flexibility index (Phi) is 3.33. The van der Waals surface area contributed by atoms with E-state index in [1.165, 1.54) is 0 Å². The highest BCUT2D eigenvalue weighted by Crippen LogP contribution is 2.19. The third-order valence-corrected chi connectivity index (χ3v) is 2.73. The molecular formula is C10H17N3O2. The van der Waals surface area contributed by atoms with Crippen LogP contribution in [0.15, 0.2) is 4.52 Å². The molecule has 0 saturated carbocycles. The summed E-state index contributed by atoms with van der Waals surface area (Å²) in [5.41, 5.74) is 0. The van der Waals surface area contributed by atoms with E-state index in [1.807, 2.05) is 0 Å². The largest absolute Gasteiger partial charge is 0.378 e. The van der Waals surface area contributed by atoms with Gasteiger partial charge in [0.1, 0.15) is 6.04 Å². The highest BCUT2D eigenvalue weighted by Gasteiger charge is 2.22. The van der Waals surface area contributed by atoms with E-state index < -0.39 is 0 Å². The first kappa shape index (κ1) is 10.6. The van der Waals surface area contributed by atoms with Gasteiger partial charge < -0.3 is 14.6 Å². The number of rotatable bonds is 3. The van der Waals surface area contributed by atoms with Crippen LogP contribution in [-0.4, -0.2) is 29.9 Å². The molecular weight excluding hydrogens is 194 g/mol. The lowest BCUT2D eigenvalue weighted by molar-refractivity contribution is 0.0659. The summed E-state index contributed by atoms with van der Waals surface area (Å²) in [7, 11) is 0. The number of nitrogens with zero attached hydrogens (tertiary/aromatic N) is 2. The molecule has 1 aromatic rings. The second-order valence-electron chi connectivity index (χ2n) is 3.88. The number of aromatic nitrogens is 2. The van der Waals surface area contributed by atoms with E-state index in [0.717, 1.165) is 25.4 Å².